The van der Waals surface area contributed by atoms with Crippen LogP contribution in [0.2, 0.25) is 0 Å². The lowest BCUT2D eigenvalue weighted by Crippen LogP contribution is -2.36. The fourth-order valence-corrected chi connectivity index (χ4v) is 4.54. The van der Waals surface area contributed by atoms with Crippen LogP contribution in [0.1, 0.15) is 38.5 Å². The normalized spacial score (nSPS) is 17.3. The summed E-state index contributed by atoms with van der Waals surface area (Å²) in [6.45, 7) is 0. The number of rotatable bonds is 5. The number of ether oxygens (including phenoxy) is 2. The lowest BCUT2D eigenvalue weighted by molar-refractivity contribution is 0.332. The molecule has 0 heterocycles. The van der Waals surface area contributed by atoms with Crippen molar-refractivity contribution in [3.05, 3.63) is 18.2 Å². The fourth-order valence-electron chi connectivity index (χ4n) is 2.96. The third-order valence-electron chi connectivity index (χ3n) is 4.37. The minimum Gasteiger partial charge on any atom is -0.497 e. The molecule has 0 bridgehead atoms. The van der Waals surface area contributed by atoms with Gasteiger partial charge in [0.25, 0.3) is 0 Å². The van der Waals surface area contributed by atoms with Gasteiger partial charge in [-0.25, -0.2) is 8.42 Å². The van der Waals surface area contributed by atoms with Crippen LogP contribution in [-0.4, -0.2) is 40.0 Å². The minimum absolute atomic E-state index is 0.0587. The highest BCUT2D eigenvalue weighted by molar-refractivity contribution is 7.89. The van der Waals surface area contributed by atoms with Gasteiger partial charge in [-0.15, -0.1) is 0 Å². The highest BCUT2D eigenvalue weighted by Gasteiger charge is 2.31. The molecule has 0 amide bonds. The molecular weight excluding hydrogens is 302 g/mol. The molecule has 0 radical (unpaired) electrons. The van der Waals surface area contributed by atoms with Crippen LogP contribution < -0.4 is 9.47 Å². The van der Waals surface area contributed by atoms with Crippen molar-refractivity contribution in [1.29, 1.82) is 0 Å². The molecule has 0 aliphatic heterocycles. The summed E-state index contributed by atoms with van der Waals surface area (Å²) in [5.41, 5.74) is 0. The Labute approximate surface area is 133 Å². The predicted octanol–water partition coefficient (Wildman–Crippen LogP) is 3.05. The first kappa shape index (κ1) is 17.1. The highest BCUT2D eigenvalue weighted by Crippen LogP contribution is 2.32. The van der Waals surface area contributed by atoms with E-state index in [4.69, 9.17) is 9.47 Å². The summed E-state index contributed by atoms with van der Waals surface area (Å²) in [6.07, 6.45) is 6.38. The summed E-state index contributed by atoms with van der Waals surface area (Å²) in [5.74, 6) is 0.856. The number of nitrogens with zero attached hydrogens (tertiary/aromatic N) is 1. The SMILES string of the molecule is COc1ccc(OC)c(S(=O)(=O)N(C)C2CCCCCC2)c1. The van der Waals surface area contributed by atoms with Crippen molar-refractivity contribution in [3.63, 3.8) is 0 Å². The van der Waals surface area contributed by atoms with E-state index in [1.807, 2.05) is 0 Å². The average Bonchev–Trinajstić information content (AvgIpc) is 2.82. The molecule has 2 rings (SSSR count). The van der Waals surface area contributed by atoms with Gasteiger partial charge >= 0.3 is 0 Å². The van der Waals surface area contributed by atoms with E-state index in [-0.39, 0.29) is 10.9 Å². The van der Waals surface area contributed by atoms with Gasteiger partial charge in [0.05, 0.1) is 14.2 Å². The number of hydrogen-bond donors (Lipinski definition) is 0. The van der Waals surface area contributed by atoms with Crippen LogP contribution in [0.3, 0.4) is 0 Å². The van der Waals surface area contributed by atoms with E-state index in [0.717, 1.165) is 25.7 Å². The number of benzene rings is 1. The van der Waals surface area contributed by atoms with Crippen molar-refractivity contribution in [3.8, 4) is 11.5 Å². The summed E-state index contributed by atoms with van der Waals surface area (Å²) in [5, 5.41) is 0. The number of sulfonamides is 1. The summed E-state index contributed by atoms with van der Waals surface area (Å²) in [4.78, 5) is 0.168. The van der Waals surface area contributed by atoms with Crippen LogP contribution in [0.25, 0.3) is 0 Å². The summed E-state index contributed by atoms with van der Waals surface area (Å²) < 4.78 is 37.9. The molecule has 1 aromatic rings. The van der Waals surface area contributed by atoms with Gasteiger partial charge in [0, 0.05) is 19.2 Å². The molecule has 1 aromatic carbocycles. The number of hydrogen-bond acceptors (Lipinski definition) is 4. The van der Waals surface area contributed by atoms with Gasteiger partial charge in [-0.05, 0) is 25.0 Å². The van der Waals surface area contributed by atoms with Crippen molar-refractivity contribution >= 4 is 10.0 Å². The highest BCUT2D eigenvalue weighted by atomic mass is 32.2. The van der Waals surface area contributed by atoms with Gasteiger partial charge in [0.1, 0.15) is 16.4 Å². The van der Waals surface area contributed by atoms with Crippen LogP contribution in [0.15, 0.2) is 23.1 Å². The maximum absolute atomic E-state index is 13.0. The van der Waals surface area contributed by atoms with Crippen LogP contribution in [0.5, 0.6) is 11.5 Å². The van der Waals surface area contributed by atoms with Gasteiger partial charge in [-0.1, -0.05) is 25.7 Å². The largest absolute Gasteiger partial charge is 0.497 e. The molecule has 1 fully saturated rings. The standard InChI is InChI=1S/C16H25NO4S/c1-17(13-8-6-4-5-7-9-13)22(18,19)16-12-14(20-2)10-11-15(16)21-3/h10-13H,4-9H2,1-3H3. The Morgan fingerprint density at radius 1 is 1.05 bits per heavy atom. The first-order chi connectivity index (χ1) is 10.5. The van der Waals surface area contributed by atoms with Gasteiger partial charge < -0.3 is 9.47 Å². The van der Waals surface area contributed by atoms with E-state index < -0.39 is 10.0 Å². The second-order valence-electron chi connectivity index (χ2n) is 5.68. The Hall–Kier alpha value is -1.27. The quantitative estimate of drug-likeness (QED) is 0.780. The van der Waals surface area contributed by atoms with Crippen molar-refractivity contribution in [2.45, 2.75) is 49.5 Å². The maximum atomic E-state index is 13.0. The Morgan fingerprint density at radius 3 is 2.23 bits per heavy atom. The second-order valence-corrected chi connectivity index (χ2v) is 7.65. The first-order valence-corrected chi connectivity index (χ1v) is 9.14. The van der Waals surface area contributed by atoms with Crippen molar-refractivity contribution in [2.75, 3.05) is 21.3 Å². The summed E-state index contributed by atoms with van der Waals surface area (Å²) in [6, 6.07) is 4.92. The van der Waals surface area contributed by atoms with E-state index in [9.17, 15) is 8.42 Å². The molecule has 124 valence electrons. The molecular formula is C16H25NO4S. The third kappa shape index (κ3) is 3.55. The zero-order valence-corrected chi connectivity index (χ0v) is 14.4. The van der Waals surface area contributed by atoms with Crippen molar-refractivity contribution in [1.82, 2.24) is 4.31 Å². The molecule has 0 atom stereocenters. The summed E-state index contributed by atoms with van der Waals surface area (Å²) in [7, 11) is 1.07. The molecule has 5 nitrogen and oxygen atoms in total. The fraction of sp³-hybridized carbons (Fsp3) is 0.625. The van der Waals surface area contributed by atoms with Crippen molar-refractivity contribution < 1.29 is 17.9 Å². The second kappa shape index (κ2) is 7.33. The molecule has 0 N–H and O–H groups in total. The smallest absolute Gasteiger partial charge is 0.246 e. The van der Waals surface area contributed by atoms with E-state index in [1.54, 1.807) is 19.2 Å². The topological polar surface area (TPSA) is 55.8 Å². The predicted molar refractivity (Wildman–Crippen MR) is 86.0 cm³/mol. The summed E-state index contributed by atoms with van der Waals surface area (Å²) >= 11 is 0. The zero-order chi connectivity index (χ0) is 16.2. The molecule has 0 spiro atoms. The van der Waals surface area contributed by atoms with Crippen molar-refractivity contribution in [2.24, 2.45) is 0 Å². The monoisotopic (exact) mass is 327 g/mol. The zero-order valence-electron chi connectivity index (χ0n) is 13.5. The van der Waals surface area contributed by atoms with E-state index in [2.05, 4.69) is 0 Å². The molecule has 0 saturated heterocycles. The lowest BCUT2D eigenvalue weighted by atomic mass is 10.1. The van der Waals surface area contributed by atoms with E-state index >= 15 is 0 Å². The Kier molecular flexibility index (Phi) is 5.69. The van der Waals surface area contributed by atoms with E-state index in [0.29, 0.717) is 11.5 Å². The molecule has 1 saturated carbocycles. The van der Waals surface area contributed by atoms with Gasteiger partial charge in [-0.2, -0.15) is 4.31 Å². The molecule has 1 aliphatic carbocycles. The average molecular weight is 327 g/mol. The Bertz CT molecular complexity index is 592. The van der Waals surface area contributed by atoms with Gasteiger partial charge in [0.2, 0.25) is 10.0 Å². The molecule has 1 aliphatic rings. The van der Waals surface area contributed by atoms with Crippen LogP contribution in [-0.2, 0) is 10.0 Å². The molecule has 0 unspecified atom stereocenters. The molecule has 6 heteroatoms. The lowest BCUT2D eigenvalue weighted by Gasteiger charge is -2.27. The number of methoxy groups -OCH3 is 2. The van der Waals surface area contributed by atoms with Crippen LogP contribution in [0.4, 0.5) is 0 Å². The third-order valence-corrected chi connectivity index (χ3v) is 6.30. The first-order valence-electron chi connectivity index (χ1n) is 7.70. The maximum Gasteiger partial charge on any atom is 0.246 e. The van der Waals surface area contributed by atoms with Crippen LogP contribution >= 0.6 is 0 Å². The van der Waals surface area contributed by atoms with Gasteiger partial charge in [-0.3, -0.25) is 0 Å². The minimum atomic E-state index is -3.60. The Morgan fingerprint density at radius 2 is 1.68 bits per heavy atom. The van der Waals surface area contributed by atoms with Crippen LogP contribution in [0, 0.1) is 0 Å². The van der Waals surface area contributed by atoms with E-state index in [1.165, 1.54) is 37.4 Å². The Balaban J connectivity index is 2.35. The van der Waals surface area contributed by atoms with Gasteiger partial charge in [0.15, 0.2) is 0 Å². The molecule has 0 aromatic heterocycles. The molecule has 22 heavy (non-hydrogen) atoms.